The Labute approximate surface area is 735 Å². The number of rotatable bonds is 16. The van der Waals surface area contributed by atoms with E-state index in [0.717, 1.165) is 94.6 Å². The number of phosphoric ester groups is 4. The van der Waals surface area contributed by atoms with Gasteiger partial charge in [0.05, 0.1) is 34.7 Å². The lowest BCUT2D eigenvalue weighted by Crippen LogP contribution is -2.47. The lowest BCUT2D eigenvalue weighted by molar-refractivity contribution is -0.208. The predicted molar refractivity (Wildman–Crippen MR) is 418 cm³/mol. The van der Waals surface area contributed by atoms with Crippen molar-refractivity contribution in [2.45, 2.75) is 124 Å². The van der Waals surface area contributed by atoms with Gasteiger partial charge in [0, 0.05) is 47.0 Å². The summed E-state index contributed by atoms with van der Waals surface area (Å²) in [4.78, 5) is 54.2. The summed E-state index contributed by atoms with van der Waals surface area (Å²) < 4.78 is 296. The summed E-state index contributed by atoms with van der Waals surface area (Å²) in [5.74, 6) is -10.1. The largest absolute Gasteiger partial charge is 0.530 e. The molecule has 40 nitrogen and oxygen atoms in total. The van der Waals surface area contributed by atoms with E-state index in [1.807, 2.05) is 17.8 Å². The summed E-state index contributed by atoms with van der Waals surface area (Å²) >= 11 is 14.9. The SMILES string of the molecule is C#Cc1cn([C@@H]2O[C@](F)(COP3(=O)OCc4cc(F)ccc4O3)[C@@H](O)[C@H]2O)c(=S)[nH]c1=O.[2H]C([2H])(OP1(=O)OCc2cc(F)ccc2O1)[C@@]1(F)O[C@@H](n2cc(C#C)c(=O)[nH]c2=S)[C@H](O)[C@@H]1O.[2H]C([2H])(OP1(=O)OCc2cc(F)ccc2O1)[C@@]1(F)O[C@@]([2H])(N2C=C(C#C)C(=O)NC2=C)[C@H](O)[C@@H]1O.[2H][C@@]1(n2cc(C#C)c(=O)[nH]c2=S)O[C@](F)(COP2(=O)OCc3cc(F)ccc3O2)[C@@H](O)[C@H]1O. The average Bonchev–Trinajstić information content (AvgIpc) is 1.56. The number of phosphoric acid groups is 4. The van der Waals surface area contributed by atoms with Gasteiger partial charge < -0.3 is 88.1 Å². The molecule has 4 fully saturated rings. The van der Waals surface area contributed by atoms with E-state index >= 15 is 17.6 Å². The van der Waals surface area contributed by atoms with Crippen LogP contribution in [0.3, 0.4) is 0 Å². The number of nitrogens with one attached hydrogen (secondary N) is 4. The van der Waals surface area contributed by atoms with Crippen molar-refractivity contribution in [3.63, 3.8) is 0 Å². The maximum Gasteiger partial charge on any atom is 0.530 e. The topological polar surface area (TPSA) is 524 Å². The number of terminal acetylenes is 4. The van der Waals surface area contributed by atoms with E-state index in [4.69, 9.17) is 139 Å². The normalized spacial score (nSPS) is 34.3. The second kappa shape index (κ2) is 37.1. The first-order chi connectivity index (χ1) is 62.4. The molecule has 7 aromatic rings. The number of aromatic nitrogens is 6. The summed E-state index contributed by atoms with van der Waals surface area (Å²) in [6.45, 7) is -8.44. The van der Waals surface area contributed by atoms with Gasteiger partial charge in [0.1, 0.15) is 150 Å². The molecule has 0 aliphatic carbocycles. The first-order valence-electron chi connectivity index (χ1n) is 38.4. The molecule has 128 heavy (non-hydrogen) atoms. The lowest BCUT2D eigenvalue weighted by atomic mass is 10.1. The zero-order chi connectivity index (χ0) is 98.5. The number of carbonyl (C=O) groups is 1. The van der Waals surface area contributed by atoms with Crippen LogP contribution in [0.5, 0.6) is 23.0 Å². The van der Waals surface area contributed by atoms with Crippen LogP contribution < -0.4 is 40.1 Å². The van der Waals surface area contributed by atoms with Crippen molar-refractivity contribution in [2.75, 3.05) is 26.3 Å². The van der Waals surface area contributed by atoms with Crippen molar-refractivity contribution in [1.29, 1.82) is 0 Å². The van der Waals surface area contributed by atoms with Gasteiger partial charge in [-0.2, -0.15) is 0 Å². The van der Waals surface area contributed by atoms with Gasteiger partial charge in [0.15, 0.2) is 39.2 Å². The van der Waals surface area contributed by atoms with Gasteiger partial charge >= 0.3 is 31.3 Å². The third-order valence-electron chi connectivity index (χ3n) is 18.6. The Bertz CT molecular complexity index is 6800. The van der Waals surface area contributed by atoms with E-state index in [1.165, 1.54) is 12.1 Å². The molecule has 0 bridgehead atoms. The standard InChI is InChI=1S/C19H17F2N2O8P.3C18H15F2N2O8PS/c1-3-11-7-23(10(2)22-17(11)26)18-15(24)16(25)19(21,30-18)9-29-32(27)28-8-12-6-13(20)4-5-14(12)31-32;3*1-2-9-6-22(17(32)21-15(9)25)16-13(23)14(24)18(20,29-16)8-28-31(26)27-7-10-5-11(19)3-4-12(10)30-31/h1,4-7,15-16,18,24-25H,2,8-9H2,(H,22,26);3*1,3-6,13-14,16,23-24H,7-8H2,(H,21,25,32)/t15-,16+,18-,19-,32?;3*13-,14+,16-,18-,31?/m1111/s1/i9D2,18D;16D;8D2;. The first kappa shape index (κ1) is 87.3. The fourth-order valence-electron chi connectivity index (χ4n) is 12.0. The number of nitrogens with zero attached hydrogens (tertiary/aromatic N) is 4. The number of ether oxygens (including phenoxy) is 4. The Morgan fingerprint density at radius 1 is 0.469 bits per heavy atom. The zero-order valence-electron chi connectivity index (χ0n) is 69.5. The molecule has 20 atom stereocenters. The van der Waals surface area contributed by atoms with Crippen LogP contribution in [0.15, 0.2) is 130 Å². The van der Waals surface area contributed by atoms with Gasteiger partial charge in [-0.05, 0) is 109 Å². The number of carbonyl (C=O) groups excluding carboxylic acids is 1. The zero-order valence-corrected chi connectivity index (χ0v) is 69.5. The van der Waals surface area contributed by atoms with Crippen LogP contribution in [-0.2, 0) is 105 Å². The highest BCUT2D eigenvalue weighted by molar-refractivity contribution is 7.71. The Hall–Kier alpha value is -10.1. The third-order valence-corrected chi connectivity index (χ3v) is 24.5. The number of hydrogen-bond donors (Lipinski definition) is 12. The highest BCUT2D eigenvalue weighted by Gasteiger charge is 2.62. The van der Waals surface area contributed by atoms with Crippen molar-refractivity contribution < 1.29 is 180 Å². The molecule has 12 heterocycles. The number of benzene rings is 4. The van der Waals surface area contributed by atoms with E-state index in [2.05, 4.69) is 37.3 Å². The molecule has 4 saturated heterocycles. The van der Waals surface area contributed by atoms with Crippen LogP contribution in [0.1, 0.15) is 65.8 Å². The molecule has 0 spiro atoms. The number of hydrogen-bond acceptors (Lipinski definition) is 36. The molecule has 16 rings (SSSR count). The average molecular weight is 1940 g/mol. The monoisotopic (exact) mass is 1940 g/mol. The van der Waals surface area contributed by atoms with Gasteiger partial charge in [-0.1, -0.05) is 30.3 Å². The number of halogens is 8. The van der Waals surface area contributed by atoms with E-state index in [1.54, 1.807) is 0 Å². The van der Waals surface area contributed by atoms with Gasteiger partial charge in [-0.3, -0.25) is 84.0 Å². The smallest absolute Gasteiger partial charge is 0.404 e. The number of amides is 1. The first-order valence-corrected chi connectivity index (χ1v) is 42.5. The molecule has 4 unspecified atom stereocenters. The van der Waals surface area contributed by atoms with E-state index in [0.29, 0.717) is 9.47 Å². The van der Waals surface area contributed by atoms with E-state index in [9.17, 15) is 95.9 Å². The molecule has 680 valence electrons. The molecule has 9 aliphatic heterocycles. The minimum absolute atomic E-state index is 0.0149. The second-order valence-electron chi connectivity index (χ2n) is 27.1. The Morgan fingerprint density at radius 3 is 1.15 bits per heavy atom. The van der Waals surface area contributed by atoms with Crippen molar-refractivity contribution in [3.8, 4) is 72.4 Å². The highest BCUT2D eigenvalue weighted by atomic mass is 32.1. The number of aliphatic hydroxyl groups is 8. The van der Waals surface area contributed by atoms with Crippen molar-refractivity contribution in [1.82, 2.24) is 38.9 Å². The molecule has 0 saturated carbocycles. The van der Waals surface area contributed by atoms with Crippen LogP contribution in [0, 0.1) is 87.0 Å². The summed E-state index contributed by atoms with van der Waals surface area (Å²) in [6.07, 6.45) is -3.55. The molecular formula is C73H62F8N8O32P4S3. The number of aliphatic hydroxyl groups excluding tert-OH is 8. The van der Waals surface area contributed by atoms with E-state index < -0.39 is 224 Å². The van der Waals surface area contributed by atoms with Gasteiger partial charge in [-0.25, -0.2) is 53.4 Å². The van der Waals surface area contributed by atoms with Gasteiger partial charge in [0.2, 0.25) is 0 Å². The number of H-pyrrole nitrogens is 3. The van der Waals surface area contributed by atoms with Crippen LogP contribution in [0.2, 0.25) is 0 Å². The summed E-state index contributed by atoms with van der Waals surface area (Å²) in [6, 6.07) is 12.8. The fraction of sp³-hybridized carbons (Fsp3) is 0.329. The number of fused-ring (bicyclic) bond motifs is 4. The van der Waals surface area contributed by atoms with Crippen LogP contribution in [-0.4, -0.2) is 185 Å². The fourth-order valence-corrected chi connectivity index (χ4v) is 17.4. The van der Waals surface area contributed by atoms with Crippen LogP contribution in [0.4, 0.5) is 35.1 Å². The van der Waals surface area contributed by atoms with Crippen molar-refractivity contribution in [2.24, 2.45) is 0 Å². The van der Waals surface area contributed by atoms with Gasteiger partial charge in [-0.15, -0.1) is 25.7 Å². The van der Waals surface area contributed by atoms with Gasteiger partial charge in [0.25, 0.3) is 46.0 Å². The second-order valence-corrected chi connectivity index (χ2v) is 34.5. The molecule has 0 radical (unpaired) electrons. The summed E-state index contributed by atoms with van der Waals surface area (Å²) in [5, 5.41) is 84.9. The predicted octanol–water partition coefficient (Wildman–Crippen LogP) is 6.05. The van der Waals surface area contributed by atoms with Crippen molar-refractivity contribution >= 4 is 73.9 Å². The Balaban J connectivity index is 0.000000152. The maximum atomic E-state index is 15.9. The molecule has 12 N–H and O–H groups in total. The minimum Gasteiger partial charge on any atom is -0.404 e. The maximum absolute atomic E-state index is 15.9. The molecular weight excluding hydrogens is 1870 g/mol. The lowest BCUT2D eigenvalue weighted by Gasteiger charge is -2.33. The highest BCUT2D eigenvalue weighted by Crippen LogP contribution is 2.60. The Morgan fingerprint density at radius 2 is 0.773 bits per heavy atom. The molecule has 55 heteroatoms. The molecule has 9 aliphatic rings. The Kier molecular flexibility index (Phi) is 25.3. The quantitative estimate of drug-likeness (QED) is 0.0226. The summed E-state index contributed by atoms with van der Waals surface area (Å²) in [5.41, 5.74) is -2.62. The van der Waals surface area contributed by atoms with E-state index in [-0.39, 0.29) is 90.3 Å². The minimum atomic E-state index is -4.93. The third kappa shape index (κ3) is 19.8. The molecule has 4 aromatic carbocycles. The van der Waals surface area contributed by atoms with Crippen molar-refractivity contribution in [3.05, 3.63) is 223 Å². The van der Waals surface area contributed by atoms with Crippen LogP contribution >= 0.6 is 67.9 Å². The number of aromatic amines is 3. The molecule has 3 aromatic heterocycles. The number of alkyl halides is 4. The summed E-state index contributed by atoms with van der Waals surface area (Å²) in [7, 11) is -18.6. The molecule has 1 amide bonds. The van der Waals surface area contributed by atoms with Crippen LogP contribution in [0.25, 0.3) is 0 Å².